The van der Waals surface area contributed by atoms with Crippen molar-refractivity contribution in [2.75, 3.05) is 0 Å². The molecule has 2 N–H and O–H groups in total. The van der Waals surface area contributed by atoms with Crippen molar-refractivity contribution >= 4 is 27.6 Å². The summed E-state index contributed by atoms with van der Waals surface area (Å²) in [5, 5.41) is 18.3. The summed E-state index contributed by atoms with van der Waals surface area (Å²) in [6.45, 7) is 5.55. The van der Waals surface area contributed by atoms with Gasteiger partial charge in [-0.25, -0.2) is 8.78 Å². The molecule has 0 radical (unpaired) electrons. The van der Waals surface area contributed by atoms with Gasteiger partial charge in [-0.15, -0.1) is 0 Å². The largest absolute Gasteiger partial charge is 0.481 e. The summed E-state index contributed by atoms with van der Waals surface area (Å²) in [5.74, 6) is -2.95. The van der Waals surface area contributed by atoms with Crippen molar-refractivity contribution in [2.45, 2.75) is 45.6 Å². The van der Waals surface area contributed by atoms with Crippen LogP contribution in [0.1, 0.15) is 51.3 Å². The highest BCUT2D eigenvalue weighted by atomic mass is 19.2. The number of aromatic amines is 1. The Bertz CT molecular complexity index is 1500. The first kappa shape index (κ1) is 21.3. The molecule has 0 saturated heterocycles. The number of aliphatic carboxylic acids is 1. The van der Waals surface area contributed by atoms with Gasteiger partial charge in [-0.1, -0.05) is 19.9 Å². The maximum absolute atomic E-state index is 14.3. The number of carboxylic acid groups (broad SMARTS) is 1. The minimum absolute atomic E-state index is 0.137. The van der Waals surface area contributed by atoms with E-state index in [1.54, 1.807) is 23.8 Å². The number of fused-ring (bicyclic) bond motifs is 2. The summed E-state index contributed by atoms with van der Waals surface area (Å²) in [7, 11) is 0. The number of halogens is 2. The molecule has 1 saturated carbocycles. The molecule has 0 amide bonds. The topological polar surface area (TPSA) is 88.0 Å². The van der Waals surface area contributed by atoms with Crippen LogP contribution in [-0.4, -0.2) is 25.8 Å². The molecule has 0 bridgehead atoms. The molecule has 0 atom stereocenters. The van der Waals surface area contributed by atoms with E-state index in [0.717, 1.165) is 17.5 Å². The van der Waals surface area contributed by atoms with Crippen LogP contribution >= 0.6 is 0 Å². The molecule has 1 fully saturated rings. The number of hydrogen-bond acceptors (Lipinski definition) is 3. The highest BCUT2D eigenvalue weighted by Gasteiger charge is 2.48. The summed E-state index contributed by atoms with van der Waals surface area (Å²) in [6.07, 6.45) is 2.28. The van der Waals surface area contributed by atoms with Crippen LogP contribution in [0.5, 0.6) is 0 Å². The summed E-state index contributed by atoms with van der Waals surface area (Å²) in [4.78, 5) is 25.5. The number of H-pyrrole nitrogens is 1. The molecule has 2 aromatic carbocycles. The van der Waals surface area contributed by atoms with Crippen molar-refractivity contribution in [3.63, 3.8) is 0 Å². The first-order chi connectivity index (χ1) is 15.6. The molecule has 6 nitrogen and oxygen atoms in total. The third kappa shape index (κ3) is 3.15. The van der Waals surface area contributed by atoms with E-state index in [-0.39, 0.29) is 17.5 Å². The molecule has 8 heteroatoms. The number of nitrogens with one attached hydrogen (secondary N) is 1. The normalized spacial score (nSPS) is 20.5. The molecule has 2 heterocycles. The third-order valence-electron chi connectivity index (χ3n) is 6.82. The van der Waals surface area contributed by atoms with E-state index in [0.29, 0.717) is 46.0 Å². The van der Waals surface area contributed by atoms with Crippen LogP contribution in [0.15, 0.2) is 41.3 Å². The molecule has 5 rings (SSSR count). The van der Waals surface area contributed by atoms with E-state index in [1.807, 2.05) is 19.9 Å². The maximum Gasteiger partial charge on any atom is 0.309 e. The zero-order valence-electron chi connectivity index (χ0n) is 18.4. The molecule has 0 aliphatic heterocycles. The van der Waals surface area contributed by atoms with Crippen molar-refractivity contribution < 1.29 is 18.7 Å². The van der Waals surface area contributed by atoms with Crippen molar-refractivity contribution in [2.24, 2.45) is 5.41 Å². The van der Waals surface area contributed by atoms with Crippen molar-refractivity contribution in [1.82, 2.24) is 14.8 Å². The third-order valence-corrected chi connectivity index (χ3v) is 6.82. The average molecular weight is 451 g/mol. The molecule has 170 valence electrons. The van der Waals surface area contributed by atoms with Gasteiger partial charge in [0.25, 0.3) is 5.56 Å². The Balaban J connectivity index is 1.88. The van der Waals surface area contributed by atoms with Gasteiger partial charge in [-0.2, -0.15) is 5.10 Å². The fraction of sp³-hybridized carbons (Fsp3) is 0.320. The number of benzene rings is 2. The number of nitrogens with zero attached hydrogens (tertiary/aromatic N) is 2. The van der Waals surface area contributed by atoms with E-state index in [4.69, 9.17) is 0 Å². The maximum atomic E-state index is 14.3. The predicted octanol–water partition coefficient (Wildman–Crippen LogP) is 5.37. The number of hydrogen-bond donors (Lipinski definition) is 2. The highest BCUT2D eigenvalue weighted by Crippen LogP contribution is 2.50. The number of aromatic nitrogens is 3. The van der Waals surface area contributed by atoms with Gasteiger partial charge in [0.1, 0.15) is 0 Å². The predicted molar refractivity (Wildman–Crippen MR) is 121 cm³/mol. The quantitative estimate of drug-likeness (QED) is 0.437. The molecule has 1 aliphatic rings. The Hall–Kier alpha value is -3.55. The van der Waals surface area contributed by atoms with Gasteiger partial charge >= 0.3 is 5.97 Å². The summed E-state index contributed by atoms with van der Waals surface area (Å²) in [6, 6.07) is 6.99. The van der Waals surface area contributed by atoms with Gasteiger partial charge in [0, 0.05) is 28.1 Å². The van der Waals surface area contributed by atoms with E-state index >= 15 is 0 Å². The monoisotopic (exact) mass is 451 g/mol. The van der Waals surface area contributed by atoms with Gasteiger partial charge in [0.2, 0.25) is 0 Å². The number of rotatable bonds is 4. The van der Waals surface area contributed by atoms with E-state index in [1.165, 1.54) is 6.07 Å². The molecular weight excluding hydrogens is 428 g/mol. The minimum atomic E-state index is -0.973. The zero-order chi connectivity index (χ0) is 23.7. The van der Waals surface area contributed by atoms with Crippen molar-refractivity contribution in [1.29, 1.82) is 0 Å². The molecule has 33 heavy (non-hydrogen) atoms. The Labute approximate surface area is 187 Å². The molecule has 0 spiro atoms. The first-order valence-electron chi connectivity index (χ1n) is 10.8. The number of carbonyl (C=O) groups is 1. The Morgan fingerprint density at radius 2 is 1.91 bits per heavy atom. The lowest BCUT2D eigenvalue weighted by Crippen LogP contribution is -2.46. The van der Waals surface area contributed by atoms with Gasteiger partial charge in [-0.3, -0.25) is 14.7 Å². The van der Waals surface area contributed by atoms with Crippen LogP contribution in [0.3, 0.4) is 0 Å². The molecule has 0 unspecified atom stereocenters. The Morgan fingerprint density at radius 1 is 1.18 bits per heavy atom. The minimum Gasteiger partial charge on any atom is -0.481 e. The number of carboxylic acids is 1. The van der Waals surface area contributed by atoms with Gasteiger partial charge in [0.15, 0.2) is 11.6 Å². The highest BCUT2D eigenvalue weighted by molar-refractivity contribution is 6.04. The first-order valence-corrected chi connectivity index (χ1v) is 10.8. The Morgan fingerprint density at radius 3 is 2.55 bits per heavy atom. The van der Waals surface area contributed by atoms with Crippen molar-refractivity contribution in [3.8, 4) is 11.1 Å². The average Bonchev–Trinajstić information content (AvgIpc) is 3.20. The van der Waals surface area contributed by atoms with E-state index < -0.39 is 23.0 Å². The summed E-state index contributed by atoms with van der Waals surface area (Å²) >= 11 is 0. The SMILES string of the molecule is CC(C)c1c(-c2ccc(F)c(F)c2)c2cc3cn[nH]c3cc2c(=O)n1[C@H]1C[C@](C)(C(=O)O)C1. The lowest BCUT2D eigenvalue weighted by atomic mass is 9.66. The summed E-state index contributed by atoms with van der Waals surface area (Å²) < 4.78 is 29.7. The van der Waals surface area contributed by atoms with Crippen LogP contribution in [0.2, 0.25) is 0 Å². The van der Waals surface area contributed by atoms with E-state index in [9.17, 15) is 23.5 Å². The van der Waals surface area contributed by atoms with Crippen LogP contribution in [0.25, 0.3) is 32.8 Å². The second-order valence-electron chi connectivity index (χ2n) is 9.50. The van der Waals surface area contributed by atoms with Gasteiger partial charge in [0.05, 0.1) is 17.1 Å². The molecule has 2 aromatic heterocycles. The molecule has 4 aromatic rings. The standard InChI is InChI=1S/C25H23F2N3O3/c1-12(2)22-21(13-4-5-18(26)19(27)7-13)16-6-14-11-28-29-20(14)8-17(16)23(31)30(22)15-9-25(3,10-15)24(32)33/h4-8,11-12,15H,9-10H2,1-3H3,(H,28,29)(H,32,33)/t15-,25-. The molecular formula is C25H23F2N3O3. The lowest BCUT2D eigenvalue weighted by Gasteiger charge is -2.44. The van der Waals surface area contributed by atoms with Crippen LogP contribution in [0, 0.1) is 17.0 Å². The molecule has 1 aliphatic carbocycles. The summed E-state index contributed by atoms with van der Waals surface area (Å²) in [5.41, 5.74) is 1.34. The van der Waals surface area contributed by atoms with Crippen LogP contribution in [-0.2, 0) is 4.79 Å². The van der Waals surface area contributed by atoms with Crippen LogP contribution in [0.4, 0.5) is 8.78 Å². The zero-order valence-corrected chi connectivity index (χ0v) is 18.4. The van der Waals surface area contributed by atoms with Crippen molar-refractivity contribution in [3.05, 3.63) is 64.2 Å². The smallest absolute Gasteiger partial charge is 0.309 e. The number of pyridine rings is 1. The van der Waals surface area contributed by atoms with E-state index in [2.05, 4.69) is 10.2 Å². The second-order valence-corrected chi connectivity index (χ2v) is 9.50. The van der Waals surface area contributed by atoms with Crippen LogP contribution < -0.4 is 5.56 Å². The Kier molecular flexibility index (Phi) is 4.67. The fourth-order valence-electron chi connectivity index (χ4n) is 5.09. The van der Waals surface area contributed by atoms with Gasteiger partial charge < -0.3 is 9.67 Å². The lowest BCUT2D eigenvalue weighted by molar-refractivity contribution is -0.155. The second kappa shape index (κ2) is 7.23. The fourth-order valence-corrected chi connectivity index (χ4v) is 5.09. The van der Waals surface area contributed by atoms with Gasteiger partial charge in [-0.05, 0) is 60.9 Å².